The van der Waals surface area contributed by atoms with Gasteiger partial charge < -0.3 is 20.3 Å². The second kappa shape index (κ2) is 10.2. The monoisotopic (exact) mass is 411 g/mol. The van der Waals surface area contributed by atoms with Crippen molar-refractivity contribution in [3.05, 3.63) is 59.7 Å². The predicted octanol–water partition coefficient (Wildman–Crippen LogP) is 2.98. The van der Waals surface area contributed by atoms with Gasteiger partial charge in [-0.3, -0.25) is 14.4 Å². The molecular formula is C22H25N3O5. The zero-order chi connectivity index (χ0) is 22.3. The Morgan fingerprint density at radius 2 is 1.47 bits per heavy atom. The summed E-state index contributed by atoms with van der Waals surface area (Å²) in [4.78, 5) is 49.1. The van der Waals surface area contributed by atoms with Crippen molar-refractivity contribution in [2.45, 2.75) is 26.8 Å². The molecule has 8 heteroatoms. The van der Waals surface area contributed by atoms with E-state index < -0.39 is 12.6 Å². The molecule has 0 aliphatic carbocycles. The van der Waals surface area contributed by atoms with Crippen molar-refractivity contribution in [3.63, 3.8) is 0 Å². The van der Waals surface area contributed by atoms with Crippen LogP contribution in [0, 0.1) is 0 Å². The maximum absolute atomic E-state index is 12.5. The van der Waals surface area contributed by atoms with Crippen LogP contribution in [0.15, 0.2) is 48.5 Å². The zero-order valence-corrected chi connectivity index (χ0v) is 17.4. The average molecular weight is 411 g/mol. The van der Waals surface area contributed by atoms with Crippen molar-refractivity contribution in [3.8, 4) is 0 Å². The second-order valence-electron chi connectivity index (χ2n) is 6.83. The molecule has 0 spiro atoms. The topological polar surface area (TPSA) is 105 Å². The fourth-order valence-electron chi connectivity index (χ4n) is 2.78. The van der Waals surface area contributed by atoms with Gasteiger partial charge in [-0.25, -0.2) is 4.79 Å². The van der Waals surface area contributed by atoms with Crippen LogP contribution in [0.25, 0.3) is 0 Å². The molecule has 0 fully saturated rings. The molecule has 158 valence electrons. The van der Waals surface area contributed by atoms with Crippen LogP contribution in [0.5, 0.6) is 0 Å². The molecule has 2 rings (SSSR count). The lowest BCUT2D eigenvalue weighted by molar-refractivity contribution is -0.135. The van der Waals surface area contributed by atoms with E-state index in [0.717, 1.165) is 5.56 Å². The highest BCUT2D eigenvalue weighted by atomic mass is 16.5. The maximum atomic E-state index is 12.5. The number of nitrogens with zero attached hydrogens (tertiary/aromatic N) is 1. The van der Waals surface area contributed by atoms with Crippen molar-refractivity contribution in [1.82, 2.24) is 4.90 Å². The van der Waals surface area contributed by atoms with E-state index >= 15 is 0 Å². The average Bonchev–Trinajstić information content (AvgIpc) is 2.70. The SMILES string of the molecule is CC(=O)Nc1cc(NC(C)=O)cc(C(=O)OCC(=O)N(C)C(C)c2ccccc2)c1. The van der Waals surface area contributed by atoms with E-state index in [0.29, 0.717) is 11.4 Å². The first kappa shape index (κ1) is 22.6. The molecule has 0 saturated carbocycles. The van der Waals surface area contributed by atoms with Crippen LogP contribution in [0.4, 0.5) is 11.4 Å². The fourth-order valence-corrected chi connectivity index (χ4v) is 2.78. The molecule has 0 radical (unpaired) electrons. The summed E-state index contributed by atoms with van der Waals surface area (Å²) in [6, 6.07) is 13.6. The summed E-state index contributed by atoms with van der Waals surface area (Å²) in [5.74, 6) is -1.77. The lowest BCUT2D eigenvalue weighted by atomic mass is 10.1. The van der Waals surface area contributed by atoms with E-state index in [1.54, 1.807) is 7.05 Å². The van der Waals surface area contributed by atoms with Gasteiger partial charge >= 0.3 is 5.97 Å². The van der Waals surface area contributed by atoms with E-state index in [4.69, 9.17) is 4.74 Å². The molecular weight excluding hydrogens is 386 g/mol. The molecule has 0 bridgehead atoms. The standard InChI is InChI=1S/C22H25N3O5/c1-14(17-8-6-5-7-9-17)25(4)21(28)13-30-22(29)18-10-19(23-15(2)26)12-20(11-18)24-16(3)27/h5-12,14H,13H2,1-4H3,(H,23,26)(H,24,27). The van der Waals surface area contributed by atoms with Crippen molar-refractivity contribution < 1.29 is 23.9 Å². The Labute approximate surface area is 175 Å². The number of nitrogens with one attached hydrogen (secondary N) is 2. The molecule has 2 aromatic carbocycles. The number of likely N-dealkylation sites (N-methyl/N-ethyl adjacent to an activating group) is 1. The first-order chi connectivity index (χ1) is 14.2. The van der Waals surface area contributed by atoms with E-state index in [2.05, 4.69) is 10.6 Å². The van der Waals surface area contributed by atoms with Gasteiger partial charge in [0.05, 0.1) is 11.6 Å². The van der Waals surface area contributed by atoms with Gasteiger partial charge in [0.25, 0.3) is 5.91 Å². The van der Waals surface area contributed by atoms with E-state index in [9.17, 15) is 19.2 Å². The molecule has 30 heavy (non-hydrogen) atoms. The van der Waals surface area contributed by atoms with Gasteiger partial charge in [0.1, 0.15) is 0 Å². The van der Waals surface area contributed by atoms with Gasteiger partial charge in [-0.15, -0.1) is 0 Å². The number of benzene rings is 2. The van der Waals surface area contributed by atoms with Crippen LogP contribution in [0.1, 0.15) is 42.7 Å². The highest BCUT2D eigenvalue weighted by Crippen LogP contribution is 2.21. The van der Waals surface area contributed by atoms with E-state index in [-0.39, 0.29) is 29.3 Å². The van der Waals surface area contributed by atoms with Crippen molar-refractivity contribution in [1.29, 1.82) is 0 Å². The van der Waals surface area contributed by atoms with Gasteiger partial charge in [0, 0.05) is 32.3 Å². The zero-order valence-electron chi connectivity index (χ0n) is 17.4. The van der Waals surface area contributed by atoms with Crippen molar-refractivity contribution >= 4 is 35.1 Å². The molecule has 2 N–H and O–H groups in total. The number of rotatable bonds is 7. The minimum absolute atomic E-state index is 0.0940. The summed E-state index contributed by atoms with van der Waals surface area (Å²) in [6.07, 6.45) is 0. The third-order valence-corrected chi connectivity index (χ3v) is 4.39. The Morgan fingerprint density at radius 1 is 0.933 bits per heavy atom. The molecule has 2 aromatic rings. The molecule has 0 saturated heterocycles. The Bertz CT molecular complexity index is 909. The predicted molar refractivity (Wildman–Crippen MR) is 113 cm³/mol. The first-order valence-corrected chi connectivity index (χ1v) is 9.35. The summed E-state index contributed by atoms with van der Waals surface area (Å²) in [5, 5.41) is 5.11. The van der Waals surface area contributed by atoms with Crippen LogP contribution < -0.4 is 10.6 Å². The van der Waals surface area contributed by atoms with E-state index in [1.807, 2.05) is 37.3 Å². The highest BCUT2D eigenvalue weighted by Gasteiger charge is 2.20. The van der Waals surface area contributed by atoms with Gasteiger partial charge in [0.15, 0.2) is 6.61 Å². The quantitative estimate of drug-likeness (QED) is 0.682. The Kier molecular flexibility index (Phi) is 7.69. The van der Waals surface area contributed by atoms with Crippen LogP contribution in [0.2, 0.25) is 0 Å². The Morgan fingerprint density at radius 3 is 1.97 bits per heavy atom. The van der Waals surface area contributed by atoms with E-state index in [1.165, 1.54) is 36.9 Å². The van der Waals surface area contributed by atoms with Crippen LogP contribution >= 0.6 is 0 Å². The molecule has 0 aromatic heterocycles. The number of carbonyl (C=O) groups is 4. The summed E-state index contributed by atoms with van der Waals surface area (Å²) >= 11 is 0. The number of amides is 3. The molecule has 1 unspecified atom stereocenters. The Hall–Kier alpha value is -3.68. The smallest absolute Gasteiger partial charge is 0.338 e. The maximum Gasteiger partial charge on any atom is 0.338 e. The largest absolute Gasteiger partial charge is 0.452 e. The van der Waals surface area contributed by atoms with Crippen LogP contribution in [0.3, 0.4) is 0 Å². The number of hydrogen-bond donors (Lipinski definition) is 2. The summed E-state index contributed by atoms with van der Waals surface area (Å²) in [7, 11) is 1.64. The van der Waals surface area contributed by atoms with Crippen molar-refractivity contribution in [2.24, 2.45) is 0 Å². The molecule has 3 amide bonds. The number of esters is 1. The summed E-state index contributed by atoms with van der Waals surface area (Å²) in [6.45, 7) is 4.09. The van der Waals surface area contributed by atoms with Gasteiger partial charge in [0.2, 0.25) is 11.8 Å². The van der Waals surface area contributed by atoms with Gasteiger partial charge in [-0.2, -0.15) is 0 Å². The first-order valence-electron chi connectivity index (χ1n) is 9.35. The minimum atomic E-state index is -0.747. The van der Waals surface area contributed by atoms with Crippen molar-refractivity contribution in [2.75, 3.05) is 24.3 Å². The third kappa shape index (κ3) is 6.44. The Balaban J connectivity index is 2.08. The number of anilines is 2. The number of hydrogen-bond acceptors (Lipinski definition) is 5. The molecule has 0 aliphatic heterocycles. The third-order valence-electron chi connectivity index (χ3n) is 4.39. The molecule has 0 aliphatic rings. The molecule has 0 heterocycles. The summed E-state index contributed by atoms with van der Waals surface area (Å²) in [5.41, 5.74) is 1.70. The van der Waals surface area contributed by atoms with Gasteiger partial charge in [-0.1, -0.05) is 30.3 Å². The lowest BCUT2D eigenvalue weighted by Gasteiger charge is -2.25. The fraction of sp³-hybridized carbons (Fsp3) is 0.273. The van der Waals surface area contributed by atoms with Crippen LogP contribution in [-0.2, 0) is 19.1 Å². The lowest BCUT2D eigenvalue weighted by Crippen LogP contribution is -2.33. The highest BCUT2D eigenvalue weighted by molar-refractivity contribution is 5.98. The minimum Gasteiger partial charge on any atom is -0.452 e. The van der Waals surface area contributed by atoms with Crippen LogP contribution in [-0.4, -0.2) is 42.2 Å². The normalized spacial score (nSPS) is 11.2. The second-order valence-corrected chi connectivity index (χ2v) is 6.83. The molecule has 1 atom stereocenters. The summed E-state index contributed by atoms with van der Waals surface area (Å²) < 4.78 is 5.16. The van der Waals surface area contributed by atoms with Gasteiger partial charge in [-0.05, 0) is 30.7 Å². The number of carbonyl (C=O) groups excluding carboxylic acids is 4. The number of ether oxygens (including phenoxy) is 1. The molecule has 8 nitrogen and oxygen atoms in total.